The highest BCUT2D eigenvalue weighted by molar-refractivity contribution is 7.46. The van der Waals surface area contributed by atoms with Crippen molar-refractivity contribution in [2.24, 2.45) is 0 Å². The predicted molar refractivity (Wildman–Crippen MR) is 52.3 cm³/mol. The second kappa shape index (κ2) is 6.19. The summed E-state index contributed by atoms with van der Waals surface area (Å²) in [6.07, 6.45) is 0. The lowest BCUT2D eigenvalue weighted by Gasteiger charge is -2.25. The van der Waals surface area contributed by atoms with Gasteiger partial charge in [-0.25, -0.2) is 4.57 Å². The molecular formula is C7H16NO6P. The Morgan fingerprint density at radius 1 is 1.40 bits per heavy atom. The van der Waals surface area contributed by atoms with E-state index in [1.54, 1.807) is 13.8 Å². The predicted octanol–water partition coefficient (Wildman–Crippen LogP) is -0.109. The molecule has 0 heterocycles. The average Bonchev–Trinajstić information content (AvgIpc) is 2.09. The summed E-state index contributed by atoms with van der Waals surface area (Å²) in [5, 5.41) is 8.83. The van der Waals surface area contributed by atoms with Crippen LogP contribution in [0.4, 0.5) is 0 Å². The summed E-state index contributed by atoms with van der Waals surface area (Å²) < 4.78 is 14.6. The van der Waals surface area contributed by atoms with E-state index in [1.165, 1.54) is 4.90 Å². The van der Waals surface area contributed by atoms with Crippen LogP contribution in [0.15, 0.2) is 0 Å². The van der Waals surface area contributed by atoms with Crippen LogP contribution in [-0.2, 0) is 13.9 Å². The Balaban J connectivity index is 4.41. The van der Waals surface area contributed by atoms with E-state index in [4.69, 9.17) is 14.9 Å². The Labute approximate surface area is 87.9 Å². The second-order valence-corrected chi connectivity index (χ2v) is 4.10. The number of hydrogen-bond donors (Lipinski definition) is 3. The molecule has 0 rings (SSSR count). The van der Waals surface area contributed by atoms with Gasteiger partial charge in [0.05, 0.1) is 6.61 Å². The Hall–Kier alpha value is -0.460. The van der Waals surface area contributed by atoms with Gasteiger partial charge < -0.3 is 14.9 Å². The molecule has 0 aromatic heterocycles. The van der Waals surface area contributed by atoms with Gasteiger partial charge in [0.1, 0.15) is 6.04 Å². The number of carboxylic acid groups (broad SMARTS) is 1. The molecule has 0 aromatic carbocycles. The van der Waals surface area contributed by atoms with Gasteiger partial charge in [0, 0.05) is 0 Å². The lowest BCUT2D eigenvalue weighted by molar-refractivity contribution is -0.144. The normalized spacial score (nSPS) is 14.2. The van der Waals surface area contributed by atoms with Gasteiger partial charge in [-0.3, -0.25) is 14.2 Å². The number of aliphatic carboxylic acids is 1. The van der Waals surface area contributed by atoms with E-state index in [0.717, 1.165) is 0 Å². The first-order chi connectivity index (χ1) is 6.81. The van der Waals surface area contributed by atoms with Gasteiger partial charge in [0.25, 0.3) is 0 Å². The van der Waals surface area contributed by atoms with E-state index in [9.17, 15) is 9.36 Å². The maximum atomic E-state index is 10.8. The van der Waals surface area contributed by atoms with Crippen molar-refractivity contribution in [2.75, 3.05) is 19.7 Å². The van der Waals surface area contributed by atoms with Gasteiger partial charge in [-0.2, -0.15) is 0 Å². The Morgan fingerprint density at radius 2 is 1.87 bits per heavy atom. The van der Waals surface area contributed by atoms with Crippen LogP contribution in [0.3, 0.4) is 0 Å². The van der Waals surface area contributed by atoms with Crippen LogP contribution >= 0.6 is 7.82 Å². The summed E-state index contributed by atoms with van der Waals surface area (Å²) in [5.41, 5.74) is 0. The maximum absolute atomic E-state index is 10.8. The molecule has 0 bridgehead atoms. The van der Waals surface area contributed by atoms with Gasteiger partial charge in [-0.15, -0.1) is 0 Å². The SMILES string of the molecule is CCN(CC)[C@@H](COP(=O)(O)O)C(=O)O. The Kier molecular flexibility index (Phi) is 6.00. The molecule has 0 aromatic rings. The van der Waals surface area contributed by atoms with Crippen LogP contribution in [0, 0.1) is 0 Å². The van der Waals surface area contributed by atoms with Crippen LogP contribution in [0.2, 0.25) is 0 Å². The Bertz CT molecular complexity index is 248. The standard InChI is InChI=1S/C7H16NO6P/c1-3-8(4-2)6(7(9)10)5-14-15(11,12)13/h6H,3-5H2,1-2H3,(H,9,10)(H2,11,12,13)/t6-/m0/s1. The summed E-state index contributed by atoms with van der Waals surface area (Å²) in [6, 6.07) is -1.03. The van der Waals surface area contributed by atoms with E-state index in [1.807, 2.05) is 0 Å². The molecule has 15 heavy (non-hydrogen) atoms. The minimum Gasteiger partial charge on any atom is -0.480 e. The van der Waals surface area contributed by atoms with Crippen LogP contribution in [0.1, 0.15) is 13.8 Å². The second-order valence-electron chi connectivity index (χ2n) is 2.86. The van der Waals surface area contributed by atoms with Gasteiger partial charge >= 0.3 is 13.8 Å². The fourth-order valence-corrected chi connectivity index (χ4v) is 1.50. The van der Waals surface area contributed by atoms with Crippen LogP contribution in [0.25, 0.3) is 0 Å². The van der Waals surface area contributed by atoms with Crippen LogP contribution in [0.5, 0.6) is 0 Å². The van der Waals surface area contributed by atoms with Gasteiger partial charge in [-0.1, -0.05) is 13.8 Å². The molecule has 1 atom stereocenters. The van der Waals surface area contributed by atoms with Crippen molar-refractivity contribution < 1.29 is 28.8 Å². The first-order valence-corrected chi connectivity index (χ1v) is 6.01. The van der Waals surface area contributed by atoms with E-state index in [0.29, 0.717) is 13.1 Å². The van der Waals surface area contributed by atoms with Crippen molar-refractivity contribution in [1.82, 2.24) is 4.90 Å². The molecule has 0 unspecified atom stereocenters. The van der Waals surface area contributed by atoms with Crippen molar-refractivity contribution in [3.8, 4) is 0 Å². The zero-order valence-electron chi connectivity index (χ0n) is 8.66. The summed E-state index contributed by atoms with van der Waals surface area (Å²) in [7, 11) is -4.61. The fourth-order valence-electron chi connectivity index (χ4n) is 1.16. The van der Waals surface area contributed by atoms with Gasteiger partial charge in [0.15, 0.2) is 0 Å². The van der Waals surface area contributed by atoms with Crippen molar-refractivity contribution in [2.45, 2.75) is 19.9 Å². The molecule has 7 nitrogen and oxygen atoms in total. The lowest BCUT2D eigenvalue weighted by Crippen LogP contribution is -2.44. The molecule has 0 spiro atoms. The van der Waals surface area contributed by atoms with E-state index < -0.39 is 26.4 Å². The number of likely N-dealkylation sites (N-methyl/N-ethyl adjacent to an activating group) is 1. The van der Waals surface area contributed by atoms with Crippen LogP contribution in [-0.4, -0.2) is 51.5 Å². The highest BCUT2D eigenvalue weighted by atomic mass is 31.2. The minimum atomic E-state index is -4.61. The van der Waals surface area contributed by atoms with E-state index in [2.05, 4.69) is 4.52 Å². The largest absolute Gasteiger partial charge is 0.480 e. The maximum Gasteiger partial charge on any atom is 0.469 e. The third-order valence-electron chi connectivity index (χ3n) is 1.94. The molecule has 0 aliphatic rings. The van der Waals surface area contributed by atoms with Crippen molar-refractivity contribution in [3.63, 3.8) is 0 Å². The molecule has 0 saturated carbocycles. The molecule has 0 radical (unpaired) electrons. The number of rotatable bonds is 7. The molecule has 90 valence electrons. The fraction of sp³-hybridized carbons (Fsp3) is 0.857. The van der Waals surface area contributed by atoms with Crippen molar-refractivity contribution in [1.29, 1.82) is 0 Å². The number of carboxylic acids is 1. The third-order valence-corrected chi connectivity index (χ3v) is 2.42. The summed E-state index contributed by atoms with van der Waals surface area (Å²) in [4.78, 5) is 29.2. The minimum absolute atomic E-state index is 0.470. The van der Waals surface area contributed by atoms with Gasteiger partial charge in [-0.05, 0) is 13.1 Å². The molecule has 8 heteroatoms. The van der Waals surface area contributed by atoms with Gasteiger partial charge in [0.2, 0.25) is 0 Å². The zero-order chi connectivity index (χ0) is 12.1. The molecule has 0 saturated heterocycles. The molecule has 0 fully saturated rings. The van der Waals surface area contributed by atoms with Crippen molar-refractivity contribution >= 4 is 13.8 Å². The molecular weight excluding hydrogens is 225 g/mol. The zero-order valence-corrected chi connectivity index (χ0v) is 9.55. The quantitative estimate of drug-likeness (QED) is 0.534. The summed E-state index contributed by atoms with van der Waals surface area (Å²) in [5.74, 6) is -1.16. The molecule has 0 aliphatic carbocycles. The lowest BCUT2D eigenvalue weighted by atomic mass is 10.2. The highest BCUT2D eigenvalue weighted by Gasteiger charge is 2.27. The van der Waals surface area contributed by atoms with Crippen molar-refractivity contribution in [3.05, 3.63) is 0 Å². The Morgan fingerprint density at radius 3 is 2.13 bits per heavy atom. The topological polar surface area (TPSA) is 107 Å². The molecule has 3 N–H and O–H groups in total. The molecule has 0 amide bonds. The first-order valence-electron chi connectivity index (χ1n) is 4.48. The number of hydrogen-bond acceptors (Lipinski definition) is 4. The molecule has 0 aliphatic heterocycles. The number of phosphoric acid groups is 1. The smallest absolute Gasteiger partial charge is 0.469 e. The average molecular weight is 241 g/mol. The first kappa shape index (κ1) is 14.5. The van der Waals surface area contributed by atoms with E-state index in [-0.39, 0.29) is 0 Å². The summed E-state index contributed by atoms with van der Waals surface area (Å²) in [6.45, 7) is 3.94. The van der Waals surface area contributed by atoms with E-state index >= 15 is 0 Å². The summed E-state index contributed by atoms with van der Waals surface area (Å²) >= 11 is 0. The highest BCUT2D eigenvalue weighted by Crippen LogP contribution is 2.35. The number of phosphoric ester groups is 1. The number of nitrogens with zero attached hydrogens (tertiary/aromatic N) is 1. The third kappa shape index (κ3) is 5.86. The number of carbonyl (C=O) groups is 1. The monoisotopic (exact) mass is 241 g/mol. The van der Waals surface area contributed by atoms with Crippen LogP contribution < -0.4 is 0 Å².